The molecule has 204 valence electrons. The van der Waals surface area contributed by atoms with Crippen molar-refractivity contribution in [2.75, 3.05) is 20.7 Å². The first-order valence-electron chi connectivity index (χ1n) is 12.6. The summed E-state index contributed by atoms with van der Waals surface area (Å²) in [7, 11) is 3.09. The van der Waals surface area contributed by atoms with Crippen LogP contribution in [0.15, 0.2) is 17.3 Å². The molecular weight excluding hydrogens is 494 g/mol. The summed E-state index contributed by atoms with van der Waals surface area (Å²) in [4.78, 5) is 72.9. The average molecular weight is 528 g/mol. The predicted octanol–water partition coefficient (Wildman–Crippen LogP) is 0.264. The molecule has 1 amide bonds. The largest absolute Gasteiger partial charge is 0.507 e. The highest BCUT2D eigenvalue weighted by molar-refractivity contribution is 6.32. The highest BCUT2D eigenvalue weighted by Gasteiger charge is 2.69. The number of primary amides is 1. The molecule has 0 aliphatic heterocycles. The number of Topliss-reactive ketones (excluding diaryl/α,β-unsaturated/α-hetero) is 4. The molecule has 2 fully saturated rings. The van der Waals surface area contributed by atoms with Crippen LogP contribution < -0.4 is 5.73 Å². The Kier molecular flexibility index (Phi) is 7.04. The van der Waals surface area contributed by atoms with Gasteiger partial charge < -0.3 is 20.8 Å². The first kappa shape index (κ1) is 27.6. The summed E-state index contributed by atoms with van der Waals surface area (Å²) >= 11 is 0. The van der Waals surface area contributed by atoms with Crippen molar-refractivity contribution in [3.05, 3.63) is 28.8 Å². The lowest BCUT2D eigenvalue weighted by Crippen LogP contribution is -2.74. The Morgan fingerprint density at radius 3 is 2.45 bits per heavy atom. The number of hydrogen-bond donors (Lipinski definition) is 3. The lowest BCUT2D eigenvalue weighted by molar-refractivity contribution is -0.181. The van der Waals surface area contributed by atoms with Crippen molar-refractivity contribution in [3.63, 3.8) is 0 Å². The molecule has 2 saturated carbocycles. The van der Waals surface area contributed by atoms with Gasteiger partial charge in [-0.3, -0.25) is 28.9 Å². The highest BCUT2D eigenvalue weighted by atomic mass is 16.6. The predicted molar refractivity (Wildman–Crippen MR) is 134 cm³/mol. The van der Waals surface area contributed by atoms with Gasteiger partial charge in [0.25, 0.3) is 0 Å². The van der Waals surface area contributed by atoms with Crippen molar-refractivity contribution in [2.45, 2.75) is 45.3 Å². The Morgan fingerprint density at radius 2 is 1.87 bits per heavy atom. The minimum Gasteiger partial charge on any atom is -0.507 e. The molecule has 0 saturated heterocycles. The third-order valence-electron chi connectivity index (χ3n) is 7.94. The Bertz CT molecular complexity index is 1270. The highest BCUT2D eigenvalue weighted by Crippen LogP contribution is 2.51. The number of fused-ring (bicyclic) bond motifs is 3. The van der Waals surface area contributed by atoms with Gasteiger partial charge in [-0.05, 0) is 63.4 Å². The van der Waals surface area contributed by atoms with Gasteiger partial charge in [-0.25, -0.2) is 0 Å². The number of phenols is 1. The fourth-order valence-corrected chi connectivity index (χ4v) is 6.28. The Balaban J connectivity index is 1.82. The number of benzene rings is 1. The van der Waals surface area contributed by atoms with Crippen LogP contribution >= 0.6 is 0 Å². The molecule has 38 heavy (non-hydrogen) atoms. The van der Waals surface area contributed by atoms with Gasteiger partial charge in [-0.1, -0.05) is 19.0 Å². The maximum absolute atomic E-state index is 13.8. The summed E-state index contributed by atoms with van der Waals surface area (Å²) in [6.07, 6.45) is 0.144. The number of ketones is 4. The van der Waals surface area contributed by atoms with Crippen molar-refractivity contribution in [1.82, 2.24) is 4.90 Å². The van der Waals surface area contributed by atoms with E-state index < -0.39 is 64.4 Å². The fourth-order valence-electron chi connectivity index (χ4n) is 6.28. The summed E-state index contributed by atoms with van der Waals surface area (Å²) in [6, 6.07) is 1.80. The maximum Gasteiger partial charge on any atom is 0.235 e. The van der Waals surface area contributed by atoms with E-state index >= 15 is 0 Å². The van der Waals surface area contributed by atoms with Gasteiger partial charge in [0.1, 0.15) is 12.4 Å². The van der Waals surface area contributed by atoms with E-state index in [4.69, 9.17) is 10.6 Å². The number of aromatic hydroxyl groups is 1. The monoisotopic (exact) mass is 527 g/mol. The summed E-state index contributed by atoms with van der Waals surface area (Å²) in [5, 5.41) is 26.4. The number of carbonyl (C=O) groups excluding carboxylic acids is 5. The summed E-state index contributed by atoms with van der Waals surface area (Å²) in [6.45, 7) is 6.04. The number of amides is 1. The minimum atomic E-state index is -2.74. The molecule has 0 radical (unpaired) electrons. The Labute approximate surface area is 220 Å². The first-order chi connectivity index (χ1) is 17.7. The standard InChI is InChI=1S/C27H33N3O8/c1-11(2)10-38-29-12(3)14-6-7-17(31)19-15(14)8-13-9-16-21(30(4)5)23(33)20(26(28)36)25(35)27(16,37)24(34)18(13)22(19)32/h6-7,11,13,16,18,20-21,31,37H,8-10H2,1-5H3,(H2,28,36)/t13-,16-,18?,20?,21?,27-/m1/s1. The molecule has 4 N–H and O–H groups in total. The van der Waals surface area contributed by atoms with Gasteiger partial charge in [-0.15, -0.1) is 0 Å². The number of carbonyl (C=O) groups is 5. The third-order valence-corrected chi connectivity index (χ3v) is 7.94. The number of oxime groups is 1. The van der Waals surface area contributed by atoms with Crippen LogP contribution in [0.5, 0.6) is 5.75 Å². The lowest BCUT2D eigenvalue weighted by Gasteiger charge is -2.52. The van der Waals surface area contributed by atoms with Gasteiger partial charge >= 0.3 is 0 Å². The van der Waals surface area contributed by atoms with Crippen LogP contribution in [0.2, 0.25) is 0 Å². The molecule has 1 aromatic rings. The number of nitrogens with zero attached hydrogens (tertiary/aromatic N) is 2. The van der Waals surface area contributed by atoms with Crippen LogP contribution in [0.3, 0.4) is 0 Å². The van der Waals surface area contributed by atoms with Crippen LogP contribution in [0.4, 0.5) is 0 Å². The van der Waals surface area contributed by atoms with Crippen LogP contribution in [-0.4, -0.2) is 82.2 Å². The van der Waals surface area contributed by atoms with Crippen LogP contribution in [0, 0.1) is 29.6 Å². The zero-order valence-electron chi connectivity index (χ0n) is 22.1. The van der Waals surface area contributed by atoms with Crippen molar-refractivity contribution in [3.8, 4) is 5.75 Å². The second kappa shape index (κ2) is 9.70. The van der Waals surface area contributed by atoms with Crippen molar-refractivity contribution >= 4 is 34.8 Å². The van der Waals surface area contributed by atoms with Gasteiger partial charge in [0.05, 0.1) is 23.2 Å². The summed E-state index contributed by atoms with van der Waals surface area (Å²) in [5.41, 5.74) is 4.03. The molecule has 3 unspecified atom stereocenters. The molecule has 0 heterocycles. The first-order valence-corrected chi connectivity index (χ1v) is 12.6. The molecule has 11 nitrogen and oxygen atoms in total. The van der Waals surface area contributed by atoms with Gasteiger partial charge in [0, 0.05) is 11.5 Å². The van der Waals surface area contributed by atoms with Gasteiger partial charge in [0.2, 0.25) is 5.91 Å². The smallest absolute Gasteiger partial charge is 0.235 e. The molecule has 0 spiro atoms. The Morgan fingerprint density at radius 1 is 1.21 bits per heavy atom. The number of nitrogens with two attached hydrogens (primary N) is 1. The number of rotatable bonds is 6. The molecule has 6 atom stereocenters. The van der Waals surface area contributed by atoms with E-state index in [9.17, 15) is 34.2 Å². The molecule has 3 aliphatic carbocycles. The van der Waals surface area contributed by atoms with E-state index in [0.717, 1.165) is 0 Å². The molecule has 11 heteroatoms. The SMILES string of the molecule is CC(=NOCC(C)C)c1ccc(O)c2c1C[C@@H]1C[C@@H]3C(N(C)C)C(=O)C(C(N)=O)C(=O)[C@]3(O)C(=O)C1C2=O. The van der Waals surface area contributed by atoms with Crippen molar-refractivity contribution < 1.29 is 39.0 Å². The van der Waals surface area contributed by atoms with Gasteiger partial charge in [-0.2, -0.15) is 0 Å². The lowest BCUT2D eigenvalue weighted by atomic mass is 9.52. The molecule has 0 aromatic heterocycles. The van der Waals surface area contributed by atoms with Crippen molar-refractivity contribution in [1.29, 1.82) is 0 Å². The molecule has 4 rings (SSSR count). The van der Waals surface area contributed by atoms with Crippen LogP contribution in [-0.2, 0) is 30.4 Å². The zero-order valence-corrected chi connectivity index (χ0v) is 22.1. The van der Waals surface area contributed by atoms with E-state index in [2.05, 4.69) is 5.16 Å². The number of aliphatic hydroxyl groups is 1. The fraction of sp³-hybridized carbons (Fsp3) is 0.556. The van der Waals surface area contributed by atoms with Crippen LogP contribution in [0.1, 0.15) is 48.7 Å². The topological polar surface area (TPSA) is 177 Å². The summed E-state index contributed by atoms with van der Waals surface area (Å²) < 4.78 is 0. The normalized spacial score (nSPS) is 31.3. The number of likely N-dealkylation sites (N-methyl/N-ethyl adjacent to an activating group) is 1. The quantitative estimate of drug-likeness (QED) is 0.266. The number of phenolic OH excluding ortho intramolecular Hbond substituents is 1. The maximum atomic E-state index is 13.8. The van der Waals surface area contributed by atoms with E-state index in [1.54, 1.807) is 27.1 Å². The van der Waals surface area contributed by atoms with E-state index in [1.807, 2.05) is 13.8 Å². The van der Waals surface area contributed by atoms with Crippen LogP contribution in [0.25, 0.3) is 0 Å². The minimum absolute atomic E-state index is 0.0148. The average Bonchev–Trinajstić information content (AvgIpc) is 2.80. The molecular formula is C27H33N3O8. The molecule has 3 aliphatic rings. The van der Waals surface area contributed by atoms with Crippen molar-refractivity contribution in [2.24, 2.45) is 40.5 Å². The number of hydrogen-bond acceptors (Lipinski definition) is 10. The van der Waals surface area contributed by atoms with Gasteiger partial charge in [0.15, 0.2) is 34.7 Å². The third kappa shape index (κ3) is 4.04. The second-order valence-corrected chi connectivity index (χ2v) is 11.1. The zero-order chi connectivity index (χ0) is 28.3. The molecule has 0 bridgehead atoms. The second-order valence-electron chi connectivity index (χ2n) is 11.1. The van der Waals surface area contributed by atoms with E-state index in [1.165, 1.54) is 11.0 Å². The van der Waals surface area contributed by atoms with E-state index in [0.29, 0.717) is 23.4 Å². The summed E-state index contributed by atoms with van der Waals surface area (Å²) in [5.74, 6) is -10.5. The van der Waals surface area contributed by atoms with E-state index in [-0.39, 0.29) is 30.1 Å². The Hall–Kier alpha value is -3.44. The molecule has 1 aromatic carbocycles.